The molecule has 0 aliphatic rings. The van der Waals surface area contributed by atoms with Gasteiger partial charge in [-0.1, -0.05) is 12.1 Å². The molecule has 7 heteroatoms. The number of anilines is 1. The van der Waals surface area contributed by atoms with Crippen molar-refractivity contribution in [3.63, 3.8) is 0 Å². The summed E-state index contributed by atoms with van der Waals surface area (Å²) in [6.45, 7) is 7.76. The fraction of sp³-hybridized carbons (Fsp3) is 0.350. The Labute approximate surface area is 167 Å². The number of benzene rings is 1. The lowest BCUT2D eigenvalue weighted by Gasteiger charge is -2.31. The Bertz CT molecular complexity index is 911. The van der Waals surface area contributed by atoms with Gasteiger partial charge in [-0.25, -0.2) is 0 Å². The first kappa shape index (κ1) is 20.9. The van der Waals surface area contributed by atoms with Gasteiger partial charge < -0.3 is 14.8 Å². The van der Waals surface area contributed by atoms with E-state index < -0.39 is 5.91 Å². The van der Waals surface area contributed by atoms with Crippen molar-refractivity contribution in [2.45, 2.75) is 39.8 Å². The van der Waals surface area contributed by atoms with Crippen LogP contribution in [-0.4, -0.2) is 33.4 Å². The zero-order valence-corrected chi connectivity index (χ0v) is 17.7. The number of amides is 2. The zero-order chi connectivity index (χ0) is 20.3. The topological polar surface area (TPSA) is 71.4 Å². The molecule has 1 N–H and O–H groups in total. The van der Waals surface area contributed by atoms with Crippen molar-refractivity contribution < 1.29 is 9.59 Å². The number of rotatable bonds is 5. The lowest BCUT2D eigenvalue weighted by atomic mass is 10.1. The van der Waals surface area contributed by atoms with Crippen LogP contribution < -0.4 is 10.9 Å². The maximum atomic E-state index is 12.9. The van der Waals surface area contributed by atoms with Crippen molar-refractivity contribution in [1.82, 2.24) is 9.47 Å². The average Bonchev–Trinajstić information content (AvgIpc) is 2.58. The molecule has 0 bridgehead atoms. The van der Waals surface area contributed by atoms with Gasteiger partial charge in [-0.15, -0.1) is 0 Å². The van der Waals surface area contributed by atoms with Crippen molar-refractivity contribution >= 4 is 33.4 Å². The van der Waals surface area contributed by atoms with Crippen LogP contribution in [0.4, 0.5) is 5.69 Å². The summed E-state index contributed by atoms with van der Waals surface area (Å²) in [5.41, 5.74) is 0.438. The number of aryl methyl sites for hydroxylation is 1. The maximum Gasteiger partial charge on any atom is 0.274 e. The van der Waals surface area contributed by atoms with Gasteiger partial charge in [0.1, 0.15) is 5.69 Å². The summed E-state index contributed by atoms with van der Waals surface area (Å²) < 4.78 is 1.93. The second-order valence-electron chi connectivity index (χ2n) is 6.89. The van der Waals surface area contributed by atoms with E-state index in [0.29, 0.717) is 15.6 Å². The Morgan fingerprint density at radius 3 is 2.26 bits per heavy atom. The summed E-state index contributed by atoms with van der Waals surface area (Å²) in [5, 5.41) is 2.63. The quantitative estimate of drug-likeness (QED) is 0.781. The van der Waals surface area contributed by atoms with Crippen molar-refractivity contribution in [1.29, 1.82) is 0 Å². The van der Waals surface area contributed by atoms with E-state index >= 15 is 0 Å². The highest BCUT2D eigenvalue weighted by molar-refractivity contribution is 9.10. The van der Waals surface area contributed by atoms with E-state index in [1.165, 1.54) is 16.8 Å². The van der Waals surface area contributed by atoms with E-state index in [4.69, 9.17) is 0 Å². The van der Waals surface area contributed by atoms with E-state index in [0.717, 1.165) is 0 Å². The van der Waals surface area contributed by atoms with Crippen LogP contribution >= 0.6 is 15.9 Å². The molecule has 0 unspecified atom stereocenters. The number of carbonyl (C=O) groups is 2. The smallest absolute Gasteiger partial charge is 0.274 e. The summed E-state index contributed by atoms with van der Waals surface area (Å²) in [7, 11) is 1.56. The first-order chi connectivity index (χ1) is 12.6. The van der Waals surface area contributed by atoms with Crippen LogP contribution in [0.1, 0.15) is 48.4 Å². The molecule has 0 saturated heterocycles. The Hall–Kier alpha value is -2.41. The maximum absolute atomic E-state index is 12.9. The minimum absolute atomic E-state index is 0.00745. The lowest BCUT2D eigenvalue weighted by molar-refractivity contribution is 0.0642. The number of halogens is 1. The Balaban J connectivity index is 2.42. The molecule has 1 heterocycles. The first-order valence-corrected chi connectivity index (χ1v) is 9.52. The summed E-state index contributed by atoms with van der Waals surface area (Å²) in [6, 6.07) is 8.39. The van der Waals surface area contributed by atoms with Crippen LogP contribution in [0, 0.1) is 0 Å². The first-order valence-electron chi connectivity index (χ1n) is 8.72. The number of pyridine rings is 1. The van der Waals surface area contributed by atoms with E-state index in [1.807, 2.05) is 27.7 Å². The van der Waals surface area contributed by atoms with E-state index in [1.54, 1.807) is 36.2 Å². The molecule has 0 saturated carbocycles. The molecule has 0 radical (unpaired) electrons. The summed E-state index contributed by atoms with van der Waals surface area (Å²) in [6.07, 6.45) is 1.50. The molecule has 6 nitrogen and oxygen atoms in total. The Morgan fingerprint density at radius 1 is 1.11 bits per heavy atom. The van der Waals surface area contributed by atoms with Gasteiger partial charge in [-0.2, -0.15) is 0 Å². The minimum Gasteiger partial charge on any atom is -0.334 e. The highest BCUT2D eigenvalue weighted by Gasteiger charge is 2.23. The number of nitrogens with zero attached hydrogens (tertiary/aromatic N) is 2. The number of nitrogens with one attached hydrogen (secondary N) is 1. The van der Waals surface area contributed by atoms with Crippen molar-refractivity contribution in [2.75, 3.05) is 5.32 Å². The normalized spacial score (nSPS) is 11.0. The predicted molar refractivity (Wildman–Crippen MR) is 110 cm³/mol. The third-order valence-electron chi connectivity index (χ3n) is 4.14. The molecule has 0 spiro atoms. The van der Waals surface area contributed by atoms with E-state index in [9.17, 15) is 14.4 Å². The molecule has 2 rings (SSSR count). The molecular formula is C20H24BrN3O3. The number of carbonyl (C=O) groups excluding carboxylic acids is 2. The molecule has 2 aromatic rings. The number of hydrogen-bond donors (Lipinski definition) is 1. The molecule has 27 heavy (non-hydrogen) atoms. The van der Waals surface area contributed by atoms with E-state index in [2.05, 4.69) is 21.2 Å². The van der Waals surface area contributed by atoms with Gasteiger partial charge in [-0.3, -0.25) is 14.4 Å². The van der Waals surface area contributed by atoms with Gasteiger partial charge in [0.2, 0.25) is 0 Å². The highest BCUT2D eigenvalue weighted by atomic mass is 79.9. The third-order valence-corrected chi connectivity index (χ3v) is 4.84. The molecule has 144 valence electrons. The van der Waals surface area contributed by atoms with Gasteiger partial charge in [0.05, 0.1) is 11.1 Å². The van der Waals surface area contributed by atoms with Gasteiger partial charge in [0.15, 0.2) is 0 Å². The molecule has 2 amide bonds. The van der Waals surface area contributed by atoms with Gasteiger partial charge >= 0.3 is 0 Å². The highest BCUT2D eigenvalue weighted by Crippen LogP contribution is 2.18. The van der Waals surface area contributed by atoms with Crippen LogP contribution in [0.25, 0.3) is 0 Å². The van der Waals surface area contributed by atoms with Gasteiger partial charge in [0, 0.05) is 29.8 Å². The second-order valence-corrected chi connectivity index (χ2v) is 7.75. The fourth-order valence-electron chi connectivity index (χ4n) is 2.97. The SMILES string of the molecule is CC(C)N(C(=O)c1cc(NC(=O)c2ccccc2Br)c(=O)n(C)c1)C(C)C. The number of aromatic nitrogens is 1. The molecule has 1 aromatic heterocycles. The fourth-order valence-corrected chi connectivity index (χ4v) is 3.43. The van der Waals surface area contributed by atoms with Gasteiger partial charge in [0.25, 0.3) is 17.4 Å². The predicted octanol–water partition coefficient (Wildman–Crippen LogP) is 3.66. The molecule has 0 aliphatic carbocycles. The van der Waals surface area contributed by atoms with Crippen LogP contribution in [0.15, 0.2) is 45.8 Å². The molecular weight excluding hydrogens is 410 g/mol. The molecule has 0 fully saturated rings. The number of hydrogen-bond acceptors (Lipinski definition) is 3. The molecule has 1 aromatic carbocycles. The van der Waals surface area contributed by atoms with Crippen LogP contribution in [0.2, 0.25) is 0 Å². The Morgan fingerprint density at radius 2 is 1.70 bits per heavy atom. The standard InChI is InChI=1S/C20H24BrN3O3/c1-12(2)24(13(3)4)19(26)14-10-17(20(27)23(5)11-14)22-18(25)15-8-6-7-9-16(15)21/h6-13H,1-5H3,(H,22,25). The summed E-state index contributed by atoms with van der Waals surface area (Å²) >= 11 is 3.33. The zero-order valence-electron chi connectivity index (χ0n) is 16.1. The third kappa shape index (κ3) is 4.66. The monoisotopic (exact) mass is 433 g/mol. The van der Waals surface area contributed by atoms with Crippen molar-refractivity contribution in [2.24, 2.45) is 7.05 Å². The van der Waals surface area contributed by atoms with Crippen LogP contribution in [-0.2, 0) is 7.05 Å². The van der Waals surface area contributed by atoms with Crippen molar-refractivity contribution in [3.8, 4) is 0 Å². The average molecular weight is 434 g/mol. The minimum atomic E-state index is -0.422. The van der Waals surface area contributed by atoms with Crippen LogP contribution in [0.5, 0.6) is 0 Å². The van der Waals surface area contributed by atoms with Gasteiger partial charge in [-0.05, 0) is 61.8 Å². The molecule has 0 atom stereocenters. The van der Waals surface area contributed by atoms with Crippen LogP contribution in [0.3, 0.4) is 0 Å². The van der Waals surface area contributed by atoms with Crippen molar-refractivity contribution in [3.05, 3.63) is 62.5 Å². The summed E-state index contributed by atoms with van der Waals surface area (Å²) in [4.78, 5) is 39.7. The molecule has 0 aliphatic heterocycles. The van der Waals surface area contributed by atoms with E-state index in [-0.39, 0.29) is 29.2 Å². The summed E-state index contributed by atoms with van der Waals surface area (Å²) in [5.74, 6) is -0.610. The lowest BCUT2D eigenvalue weighted by Crippen LogP contribution is -2.42. The Kier molecular flexibility index (Phi) is 6.59. The second kappa shape index (κ2) is 8.52. The largest absolute Gasteiger partial charge is 0.334 e.